The Morgan fingerprint density at radius 2 is 2.23 bits per heavy atom. The number of amides is 2. The van der Waals surface area contributed by atoms with E-state index in [4.69, 9.17) is 4.74 Å². The molecule has 1 aromatic carbocycles. The first kappa shape index (κ1) is 14.5. The van der Waals surface area contributed by atoms with Crippen molar-refractivity contribution in [1.82, 2.24) is 10.3 Å². The highest BCUT2D eigenvalue weighted by Gasteiger charge is 2.28. The van der Waals surface area contributed by atoms with Gasteiger partial charge in [0.25, 0.3) is 5.91 Å². The van der Waals surface area contributed by atoms with Gasteiger partial charge in [-0.3, -0.25) is 14.9 Å². The molecular formula is C14H13N3O4S. The van der Waals surface area contributed by atoms with Crippen molar-refractivity contribution in [3.63, 3.8) is 0 Å². The van der Waals surface area contributed by atoms with Crippen LogP contribution in [0.5, 0.6) is 0 Å². The molecule has 1 atom stereocenters. The molecule has 2 amide bonds. The lowest BCUT2D eigenvalue weighted by Crippen LogP contribution is -2.36. The van der Waals surface area contributed by atoms with Crippen LogP contribution >= 0.6 is 11.3 Å². The van der Waals surface area contributed by atoms with Crippen LogP contribution in [-0.4, -0.2) is 35.4 Å². The van der Waals surface area contributed by atoms with E-state index < -0.39 is 24.5 Å². The largest absolute Gasteiger partial charge is 0.454 e. The van der Waals surface area contributed by atoms with Gasteiger partial charge in [-0.1, -0.05) is 23.5 Å². The quantitative estimate of drug-likeness (QED) is 0.821. The molecule has 0 spiro atoms. The van der Waals surface area contributed by atoms with Crippen molar-refractivity contribution in [1.29, 1.82) is 0 Å². The monoisotopic (exact) mass is 319 g/mol. The van der Waals surface area contributed by atoms with Crippen LogP contribution in [0.4, 0.5) is 5.13 Å². The van der Waals surface area contributed by atoms with E-state index in [1.54, 1.807) is 0 Å². The van der Waals surface area contributed by atoms with Gasteiger partial charge >= 0.3 is 5.97 Å². The van der Waals surface area contributed by atoms with Crippen molar-refractivity contribution in [3.05, 3.63) is 24.3 Å². The van der Waals surface area contributed by atoms with E-state index in [2.05, 4.69) is 15.6 Å². The highest BCUT2D eigenvalue weighted by Crippen LogP contribution is 2.25. The number of fused-ring (bicyclic) bond motifs is 1. The molecule has 7 nitrogen and oxygen atoms in total. The number of hydrogen-bond acceptors (Lipinski definition) is 6. The molecule has 0 saturated carbocycles. The van der Waals surface area contributed by atoms with Crippen molar-refractivity contribution in [2.45, 2.75) is 18.9 Å². The zero-order valence-corrected chi connectivity index (χ0v) is 12.3. The Morgan fingerprint density at radius 1 is 1.41 bits per heavy atom. The smallest absolute Gasteiger partial charge is 0.329 e. The summed E-state index contributed by atoms with van der Waals surface area (Å²) in [5, 5.41) is 5.53. The molecule has 1 aliphatic rings. The number of esters is 1. The molecule has 0 unspecified atom stereocenters. The van der Waals surface area contributed by atoms with Crippen LogP contribution in [0.25, 0.3) is 10.2 Å². The van der Waals surface area contributed by atoms with Crippen molar-refractivity contribution in [3.8, 4) is 0 Å². The molecular weight excluding hydrogens is 306 g/mol. The fourth-order valence-electron chi connectivity index (χ4n) is 2.11. The number of anilines is 1. The number of nitrogens with zero attached hydrogens (tertiary/aromatic N) is 1. The summed E-state index contributed by atoms with van der Waals surface area (Å²) in [4.78, 5) is 38.7. The molecule has 0 aliphatic carbocycles. The fourth-order valence-corrected chi connectivity index (χ4v) is 2.99. The van der Waals surface area contributed by atoms with Crippen molar-refractivity contribution >= 4 is 44.5 Å². The van der Waals surface area contributed by atoms with Crippen LogP contribution in [0, 0.1) is 0 Å². The number of rotatable bonds is 4. The maximum atomic E-state index is 11.8. The van der Waals surface area contributed by atoms with Crippen LogP contribution in [0.1, 0.15) is 12.8 Å². The summed E-state index contributed by atoms with van der Waals surface area (Å²) in [5.41, 5.74) is 0.800. The third kappa shape index (κ3) is 3.22. The molecule has 1 fully saturated rings. The summed E-state index contributed by atoms with van der Waals surface area (Å²) < 4.78 is 5.86. The summed E-state index contributed by atoms with van der Waals surface area (Å²) in [5.74, 6) is -1.23. The van der Waals surface area contributed by atoms with Gasteiger partial charge in [0.15, 0.2) is 11.7 Å². The first-order valence-electron chi connectivity index (χ1n) is 6.73. The molecule has 1 saturated heterocycles. The second kappa shape index (κ2) is 6.10. The average Bonchev–Trinajstić information content (AvgIpc) is 3.10. The fraction of sp³-hybridized carbons (Fsp3) is 0.286. The second-order valence-electron chi connectivity index (χ2n) is 4.80. The molecule has 2 heterocycles. The van der Waals surface area contributed by atoms with Gasteiger partial charge in [-0.05, 0) is 18.6 Å². The molecule has 1 aliphatic heterocycles. The molecule has 2 N–H and O–H groups in total. The van der Waals surface area contributed by atoms with Crippen molar-refractivity contribution < 1.29 is 19.1 Å². The van der Waals surface area contributed by atoms with Gasteiger partial charge in [0.05, 0.1) is 10.2 Å². The number of ether oxygens (including phenoxy) is 1. The van der Waals surface area contributed by atoms with Crippen LogP contribution < -0.4 is 10.6 Å². The summed E-state index contributed by atoms with van der Waals surface area (Å²) in [6.45, 7) is -0.402. The summed E-state index contributed by atoms with van der Waals surface area (Å²) >= 11 is 1.34. The Labute approximate surface area is 129 Å². The molecule has 114 valence electrons. The minimum atomic E-state index is -0.650. The van der Waals surface area contributed by atoms with E-state index in [9.17, 15) is 14.4 Å². The predicted octanol–water partition coefficient (Wildman–Crippen LogP) is 1.06. The number of carbonyl (C=O) groups is 3. The van der Waals surface area contributed by atoms with Gasteiger partial charge in [0, 0.05) is 6.42 Å². The third-order valence-corrected chi connectivity index (χ3v) is 4.12. The van der Waals surface area contributed by atoms with Gasteiger partial charge in [-0.25, -0.2) is 9.78 Å². The molecule has 2 aromatic rings. The molecule has 0 bridgehead atoms. The lowest BCUT2D eigenvalue weighted by Gasteiger charge is -2.09. The summed E-state index contributed by atoms with van der Waals surface area (Å²) in [7, 11) is 0. The van der Waals surface area contributed by atoms with Crippen molar-refractivity contribution in [2.75, 3.05) is 11.9 Å². The van der Waals surface area contributed by atoms with Gasteiger partial charge in [0.2, 0.25) is 5.91 Å². The van der Waals surface area contributed by atoms with Crippen LogP contribution in [0.15, 0.2) is 24.3 Å². The zero-order valence-electron chi connectivity index (χ0n) is 11.5. The molecule has 22 heavy (non-hydrogen) atoms. The Balaban J connectivity index is 1.52. The second-order valence-corrected chi connectivity index (χ2v) is 5.83. The first-order chi connectivity index (χ1) is 10.6. The van der Waals surface area contributed by atoms with Gasteiger partial charge in [0.1, 0.15) is 6.04 Å². The van der Waals surface area contributed by atoms with E-state index in [1.807, 2.05) is 24.3 Å². The minimum absolute atomic E-state index is 0.180. The molecule has 1 aromatic heterocycles. The van der Waals surface area contributed by atoms with Crippen molar-refractivity contribution in [2.24, 2.45) is 0 Å². The maximum Gasteiger partial charge on any atom is 0.329 e. The number of thiazole rings is 1. The lowest BCUT2D eigenvalue weighted by atomic mass is 10.2. The number of para-hydroxylation sites is 1. The van der Waals surface area contributed by atoms with E-state index in [0.29, 0.717) is 18.0 Å². The Hall–Kier alpha value is -2.48. The number of nitrogens with one attached hydrogen (secondary N) is 2. The van der Waals surface area contributed by atoms with E-state index >= 15 is 0 Å². The van der Waals surface area contributed by atoms with Gasteiger partial charge in [-0.15, -0.1) is 0 Å². The van der Waals surface area contributed by atoms with Crippen LogP contribution in [0.2, 0.25) is 0 Å². The molecule has 0 radical (unpaired) electrons. The standard InChI is InChI=1S/C14H13N3O4S/c18-11-6-5-9(15-11)13(20)21-7-12(19)17-14-16-8-3-1-2-4-10(8)22-14/h1-4,9H,5-7H2,(H,15,18)(H,16,17,19)/t9-/m0/s1. The number of aromatic nitrogens is 1. The normalized spacial score (nSPS) is 17.3. The highest BCUT2D eigenvalue weighted by molar-refractivity contribution is 7.22. The van der Waals surface area contributed by atoms with Gasteiger partial charge in [-0.2, -0.15) is 0 Å². The highest BCUT2D eigenvalue weighted by atomic mass is 32.1. The number of benzene rings is 1. The average molecular weight is 319 g/mol. The molecule has 3 rings (SSSR count). The third-order valence-electron chi connectivity index (χ3n) is 3.17. The SMILES string of the molecule is O=C(COC(=O)[C@@H]1CCC(=O)N1)Nc1nc2ccccc2s1. The number of hydrogen-bond donors (Lipinski definition) is 2. The van der Waals surface area contributed by atoms with Crippen LogP contribution in [0.3, 0.4) is 0 Å². The predicted molar refractivity (Wildman–Crippen MR) is 80.4 cm³/mol. The lowest BCUT2D eigenvalue weighted by molar-refractivity contribution is -0.149. The topological polar surface area (TPSA) is 97.4 Å². The van der Waals surface area contributed by atoms with E-state index in [-0.39, 0.29) is 5.91 Å². The van der Waals surface area contributed by atoms with E-state index in [1.165, 1.54) is 11.3 Å². The first-order valence-corrected chi connectivity index (χ1v) is 7.55. The summed E-state index contributed by atoms with van der Waals surface area (Å²) in [6, 6.07) is 6.87. The number of carbonyl (C=O) groups excluding carboxylic acids is 3. The summed E-state index contributed by atoms with van der Waals surface area (Å²) in [6.07, 6.45) is 0.703. The Bertz CT molecular complexity index is 710. The zero-order chi connectivity index (χ0) is 15.5. The maximum absolute atomic E-state index is 11.8. The Kier molecular flexibility index (Phi) is 4.01. The van der Waals surface area contributed by atoms with E-state index in [0.717, 1.165) is 10.2 Å². The van der Waals surface area contributed by atoms with Crippen LogP contribution in [-0.2, 0) is 19.1 Å². The van der Waals surface area contributed by atoms with Gasteiger partial charge < -0.3 is 10.1 Å². The Morgan fingerprint density at radius 3 is 2.95 bits per heavy atom. The molecule has 8 heteroatoms. The minimum Gasteiger partial charge on any atom is -0.454 e.